The molecule has 4 aromatic rings. The number of fused-ring (bicyclic) bond motifs is 3. The first kappa shape index (κ1) is 57.7. The van der Waals surface area contributed by atoms with E-state index in [0.717, 1.165) is 48.8 Å². The van der Waals surface area contributed by atoms with E-state index in [1.807, 2.05) is 36.4 Å². The Balaban J connectivity index is 1.24. The highest BCUT2D eigenvalue weighted by atomic mass is 19.1. The molecule has 0 aromatic heterocycles. The van der Waals surface area contributed by atoms with Gasteiger partial charge in [0.25, 0.3) is 5.69 Å². The van der Waals surface area contributed by atoms with Crippen molar-refractivity contribution in [1.29, 1.82) is 0 Å². The lowest BCUT2D eigenvalue weighted by Crippen LogP contribution is -2.70. The molecule has 2 heterocycles. The van der Waals surface area contributed by atoms with Crippen LogP contribution in [0.4, 0.5) is 14.9 Å². The summed E-state index contributed by atoms with van der Waals surface area (Å²) < 4.78 is 53.9. The Morgan fingerprint density at radius 3 is 2.28 bits per heavy atom. The maximum Gasteiger partial charge on any atom is 0.410 e. The number of carbonyl (C=O) groups excluding carboxylic acids is 1. The first-order chi connectivity index (χ1) is 38.2. The molecule has 0 radical (unpaired) electrons. The van der Waals surface area contributed by atoms with Crippen molar-refractivity contribution in [3.8, 4) is 23.0 Å². The summed E-state index contributed by atoms with van der Waals surface area (Å²) in [6, 6.07) is 23.0. The van der Waals surface area contributed by atoms with Crippen LogP contribution < -0.4 is 18.9 Å². The number of carbonyl (C=O) groups is 1. The van der Waals surface area contributed by atoms with Crippen molar-refractivity contribution in [3.63, 3.8) is 0 Å². The number of rotatable bonds is 32. The third-order valence-electron chi connectivity index (χ3n) is 15.7. The summed E-state index contributed by atoms with van der Waals surface area (Å²) in [6.45, 7) is 6.76. The molecule has 8 rings (SSSR count). The van der Waals surface area contributed by atoms with E-state index in [1.165, 1.54) is 56.7 Å². The number of non-ortho nitro benzene ring substituents is 1. The predicted octanol–water partition coefficient (Wildman–Crippen LogP) is 13.4. The predicted molar refractivity (Wildman–Crippen MR) is 295 cm³/mol. The number of nitrogens with zero attached hydrogens (tertiary/aromatic N) is 3. The molecule has 78 heavy (non-hydrogen) atoms. The van der Waals surface area contributed by atoms with Crippen molar-refractivity contribution in [2.24, 2.45) is 22.9 Å². The zero-order valence-electron chi connectivity index (χ0n) is 45.2. The maximum absolute atomic E-state index is 15.3. The number of halogens is 1. The van der Waals surface area contributed by atoms with Crippen LogP contribution in [-0.2, 0) is 34.1 Å². The lowest BCUT2D eigenvalue weighted by atomic mass is 9.55. The molecular weight excluding hydrogens is 998 g/mol. The van der Waals surface area contributed by atoms with Crippen LogP contribution in [0.3, 0.4) is 0 Å². The van der Waals surface area contributed by atoms with Crippen molar-refractivity contribution in [1.82, 2.24) is 4.90 Å². The van der Waals surface area contributed by atoms with E-state index in [2.05, 4.69) is 19.6 Å². The lowest BCUT2D eigenvalue weighted by Gasteiger charge is -2.59. The first-order valence-corrected chi connectivity index (χ1v) is 28.3. The second kappa shape index (κ2) is 28.9. The fraction of sp³-hybridized carbons (Fsp3) is 0.516. The van der Waals surface area contributed by atoms with Crippen LogP contribution in [0.1, 0.15) is 144 Å². The van der Waals surface area contributed by atoms with Crippen LogP contribution in [-0.4, -0.2) is 76.9 Å². The summed E-state index contributed by atoms with van der Waals surface area (Å²) in [7, 11) is 0. The molecule has 0 unspecified atom stereocenters. The Hall–Kier alpha value is -6.49. The summed E-state index contributed by atoms with van der Waals surface area (Å²) in [5.41, 5.74) is 4.01. The number of nitro groups is 1. The third kappa shape index (κ3) is 14.4. The normalized spacial score (nSPS) is 21.2. The highest BCUT2D eigenvalue weighted by Crippen LogP contribution is 2.62. The van der Waals surface area contributed by atoms with Crippen LogP contribution in [0.15, 0.2) is 114 Å². The monoisotopic (exact) mass is 1080 g/mol. The van der Waals surface area contributed by atoms with Crippen molar-refractivity contribution < 1.29 is 57.6 Å². The highest BCUT2D eigenvalue weighted by Gasteiger charge is 2.66. The van der Waals surface area contributed by atoms with E-state index in [4.69, 9.17) is 38.4 Å². The summed E-state index contributed by atoms with van der Waals surface area (Å²) >= 11 is 0. The maximum atomic E-state index is 15.3. The summed E-state index contributed by atoms with van der Waals surface area (Å²) in [5.74, 6) is -0.914. The number of nitro benzene ring substituents is 1. The van der Waals surface area contributed by atoms with Gasteiger partial charge in [-0.2, -0.15) is 0 Å². The smallest absolute Gasteiger partial charge is 0.410 e. The molecule has 0 saturated heterocycles. The minimum atomic E-state index is -1.59. The van der Waals surface area contributed by atoms with Crippen molar-refractivity contribution >= 4 is 17.5 Å². The largest absolute Gasteiger partial charge is 0.489 e. The number of benzene rings is 4. The van der Waals surface area contributed by atoms with Crippen LogP contribution >= 0.6 is 0 Å². The van der Waals surface area contributed by atoms with E-state index in [1.54, 1.807) is 41.3 Å². The molecular formula is C62H78FN3O12. The molecule has 2 N–H and O–H groups in total. The first-order valence-electron chi connectivity index (χ1n) is 28.3. The Bertz CT molecular complexity index is 2660. The van der Waals surface area contributed by atoms with E-state index in [9.17, 15) is 24.7 Å². The molecule has 420 valence electrons. The van der Waals surface area contributed by atoms with Crippen LogP contribution in [0.25, 0.3) is 0 Å². The van der Waals surface area contributed by atoms with Crippen LogP contribution in [0, 0.1) is 33.7 Å². The second-order valence-corrected chi connectivity index (χ2v) is 21.0. The van der Waals surface area contributed by atoms with Gasteiger partial charge < -0.3 is 43.5 Å². The van der Waals surface area contributed by atoms with Gasteiger partial charge in [0, 0.05) is 55.4 Å². The standard InChI is InChI=1S/C62H78FN3O12/c1-3-5-6-7-8-9-10-11-12-19-35-72-61(69)65(40-45-26-30-56-57(36-45)75-43-74-56)58-39-54(64-77-41-44-24-27-48(28-25-44)66(70)71)51-37-46(20-15-17-32-67)50(22-16-18-33-68)59-52-38-49(73-42-47-21-13-14-23-53(47)63)29-31-55(52)78-62(58,60(51)59)76-34-4-2/h4,13-14,21,23-31,36-38,46,50,58-60,67-68H,2-3,5-12,15-20,22,32-35,39-43H2,1H3/t46-,50+,58-,59+,60+,62+/m0/s1. The van der Waals surface area contributed by atoms with Crippen LogP contribution in [0.2, 0.25) is 0 Å². The van der Waals surface area contributed by atoms with E-state index >= 15 is 4.79 Å². The molecule has 1 saturated carbocycles. The lowest BCUT2D eigenvalue weighted by molar-refractivity contribution is -0.384. The Morgan fingerprint density at radius 1 is 0.846 bits per heavy atom. The fourth-order valence-electron chi connectivity index (χ4n) is 11.8. The fourth-order valence-corrected chi connectivity index (χ4v) is 11.8. The molecule has 0 bridgehead atoms. The highest BCUT2D eigenvalue weighted by molar-refractivity contribution is 6.03. The van der Waals surface area contributed by atoms with Gasteiger partial charge in [-0.3, -0.25) is 15.0 Å². The van der Waals surface area contributed by atoms with Gasteiger partial charge in [0.1, 0.15) is 36.6 Å². The summed E-state index contributed by atoms with van der Waals surface area (Å²) in [6.07, 6.45) is 18.8. The van der Waals surface area contributed by atoms with Gasteiger partial charge in [0.2, 0.25) is 12.6 Å². The Labute approximate surface area is 458 Å². The number of aliphatic hydroxyl groups is 2. The van der Waals surface area contributed by atoms with Gasteiger partial charge in [-0.05, 0) is 109 Å². The quantitative estimate of drug-likeness (QED) is 0.0205. The van der Waals surface area contributed by atoms with Crippen LogP contribution in [0.5, 0.6) is 23.0 Å². The number of unbranched alkanes of at least 4 members (excludes halogenated alkanes) is 11. The average Bonchev–Trinajstić information content (AvgIpc) is 2.74. The van der Waals surface area contributed by atoms with Crippen molar-refractivity contribution in [2.45, 2.75) is 154 Å². The molecule has 2 aliphatic carbocycles. The summed E-state index contributed by atoms with van der Waals surface area (Å²) in [5, 5.41) is 36.7. The third-order valence-corrected chi connectivity index (χ3v) is 15.7. The molecule has 6 atom stereocenters. The topological polar surface area (TPSA) is 181 Å². The average molecular weight is 1080 g/mol. The SMILES string of the molecule is C=CCO[C@@]12Oc3ccc(OCc4ccccc4F)cc3[C@H]3[C@H](CCCCO)[C@@H](CCCCO)C=C(C(=NOCc4ccc([N+](=O)[O-])cc4)C[C@@H]1N(Cc1ccc4c(c1)OCO4)C(=O)OCCCCCCCCCCCC)[C@H]32. The number of oxime groups is 1. The van der Waals surface area contributed by atoms with Gasteiger partial charge in [-0.1, -0.05) is 119 Å². The number of aliphatic hydroxyl groups excluding tert-OH is 2. The van der Waals surface area contributed by atoms with Gasteiger partial charge in [-0.25, -0.2) is 9.18 Å². The van der Waals surface area contributed by atoms with Gasteiger partial charge >= 0.3 is 6.09 Å². The number of ether oxygens (including phenoxy) is 6. The van der Waals surface area contributed by atoms with Gasteiger partial charge in [0.15, 0.2) is 11.5 Å². The molecule has 1 amide bonds. The van der Waals surface area contributed by atoms with E-state index in [0.29, 0.717) is 71.9 Å². The number of amides is 1. The number of allylic oxidation sites excluding steroid dienone is 1. The molecule has 0 spiro atoms. The molecule has 2 aliphatic heterocycles. The van der Waals surface area contributed by atoms with E-state index < -0.39 is 28.8 Å². The van der Waals surface area contributed by atoms with Gasteiger partial charge in [-0.15, -0.1) is 6.58 Å². The number of hydrogen-bond donors (Lipinski definition) is 2. The van der Waals surface area contributed by atoms with Crippen molar-refractivity contribution in [2.75, 3.05) is 33.2 Å². The Kier molecular flexibility index (Phi) is 21.4. The molecule has 1 fully saturated rings. The van der Waals surface area contributed by atoms with Gasteiger partial charge in [0.05, 0.1) is 29.8 Å². The Morgan fingerprint density at radius 2 is 1.55 bits per heavy atom. The molecule has 16 heteroatoms. The summed E-state index contributed by atoms with van der Waals surface area (Å²) in [4.78, 5) is 34.3. The van der Waals surface area contributed by atoms with Crippen molar-refractivity contribution in [3.05, 3.63) is 147 Å². The zero-order valence-corrected chi connectivity index (χ0v) is 45.2. The second-order valence-electron chi connectivity index (χ2n) is 21.0. The minimum absolute atomic E-state index is 0.000787. The molecule has 4 aromatic carbocycles. The zero-order chi connectivity index (χ0) is 54.7. The van der Waals surface area contributed by atoms with E-state index in [-0.39, 0.29) is 88.7 Å². The molecule has 4 aliphatic rings. The minimum Gasteiger partial charge on any atom is -0.489 e. The molecule has 15 nitrogen and oxygen atoms in total. The number of hydrogen-bond acceptors (Lipinski definition) is 13.